The number of anilines is 2. The van der Waals surface area contributed by atoms with Gasteiger partial charge in [-0.3, -0.25) is 4.40 Å². The van der Waals surface area contributed by atoms with E-state index in [1.165, 1.54) is 5.56 Å². The Kier molecular flexibility index (Phi) is 6.41. The van der Waals surface area contributed by atoms with Gasteiger partial charge in [-0.25, -0.2) is 9.98 Å². The zero-order valence-electron chi connectivity index (χ0n) is 19.6. The topological polar surface area (TPSA) is 53.7 Å². The SMILES string of the molecule is C=C(Nc1ccccc1)c1ccc(NC(C)=N/C(=C\C)c2c(C)nc3ccc(C)cn23)cc1. The van der Waals surface area contributed by atoms with Crippen molar-refractivity contribution in [2.75, 3.05) is 10.6 Å². The van der Waals surface area contributed by atoms with E-state index in [0.29, 0.717) is 0 Å². The van der Waals surface area contributed by atoms with Crippen LogP contribution < -0.4 is 10.6 Å². The lowest BCUT2D eigenvalue weighted by molar-refractivity contribution is 1.11. The molecule has 0 fully saturated rings. The summed E-state index contributed by atoms with van der Waals surface area (Å²) in [5.41, 5.74) is 8.82. The van der Waals surface area contributed by atoms with Gasteiger partial charge in [0.15, 0.2) is 0 Å². The fourth-order valence-electron chi connectivity index (χ4n) is 3.77. The molecule has 166 valence electrons. The number of imidazole rings is 1. The fourth-order valence-corrected chi connectivity index (χ4v) is 3.77. The molecule has 0 amide bonds. The van der Waals surface area contributed by atoms with Crippen molar-refractivity contribution in [2.24, 2.45) is 4.99 Å². The van der Waals surface area contributed by atoms with E-state index in [1.54, 1.807) is 0 Å². The summed E-state index contributed by atoms with van der Waals surface area (Å²) in [7, 11) is 0. The van der Waals surface area contributed by atoms with Crippen molar-refractivity contribution >= 4 is 34.3 Å². The van der Waals surface area contributed by atoms with Gasteiger partial charge >= 0.3 is 0 Å². The van der Waals surface area contributed by atoms with E-state index < -0.39 is 0 Å². The van der Waals surface area contributed by atoms with Gasteiger partial charge in [-0.1, -0.05) is 49.1 Å². The largest absolute Gasteiger partial charge is 0.356 e. The summed E-state index contributed by atoms with van der Waals surface area (Å²) in [5, 5.41) is 6.73. The zero-order valence-corrected chi connectivity index (χ0v) is 19.6. The highest BCUT2D eigenvalue weighted by Crippen LogP contribution is 2.24. The van der Waals surface area contributed by atoms with Gasteiger partial charge in [-0.2, -0.15) is 0 Å². The van der Waals surface area contributed by atoms with E-state index >= 15 is 0 Å². The van der Waals surface area contributed by atoms with Gasteiger partial charge in [0.05, 0.1) is 17.1 Å². The first-order chi connectivity index (χ1) is 15.9. The predicted molar refractivity (Wildman–Crippen MR) is 141 cm³/mol. The number of aryl methyl sites for hydroxylation is 2. The lowest BCUT2D eigenvalue weighted by Crippen LogP contribution is -2.08. The van der Waals surface area contributed by atoms with Crippen molar-refractivity contribution in [3.8, 4) is 0 Å². The molecule has 0 aliphatic heterocycles. The van der Waals surface area contributed by atoms with E-state index in [4.69, 9.17) is 4.99 Å². The van der Waals surface area contributed by atoms with E-state index in [1.807, 2.05) is 87.5 Å². The second-order valence-corrected chi connectivity index (χ2v) is 8.02. The monoisotopic (exact) mass is 435 g/mol. The van der Waals surface area contributed by atoms with Crippen LogP contribution in [0.15, 0.2) is 90.6 Å². The maximum atomic E-state index is 4.86. The molecule has 5 nitrogen and oxygen atoms in total. The molecule has 4 rings (SSSR count). The molecule has 2 aromatic heterocycles. The summed E-state index contributed by atoms with van der Waals surface area (Å²) >= 11 is 0. The second kappa shape index (κ2) is 9.57. The number of aromatic nitrogens is 2. The summed E-state index contributed by atoms with van der Waals surface area (Å²) < 4.78 is 2.11. The number of rotatable bonds is 6. The van der Waals surface area contributed by atoms with Crippen LogP contribution in [0.25, 0.3) is 17.0 Å². The predicted octanol–water partition coefficient (Wildman–Crippen LogP) is 6.93. The number of aliphatic imine (C=N–C) groups is 1. The number of nitrogens with one attached hydrogen (secondary N) is 2. The number of pyridine rings is 1. The highest BCUT2D eigenvalue weighted by molar-refractivity contribution is 5.97. The number of hydrogen-bond donors (Lipinski definition) is 2. The van der Waals surface area contributed by atoms with Crippen molar-refractivity contribution < 1.29 is 0 Å². The molecular weight excluding hydrogens is 406 g/mol. The van der Waals surface area contributed by atoms with Crippen LogP contribution in [-0.4, -0.2) is 15.2 Å². The minimum Gasteiger partial charge on any atom is -0.356 e. The summed E-state index contributed by atoms with van der Waals surface area (Å²) in [5.74, 6) is 0.805. The molecule has 4 aromatic rings. The molecule has 0 radical (unpaired) electrons. The number of hydrogen-bond acceptors (Lipinski definition) is 3. The number of benzene rings is 2. The van der Waals surface area contributed by atoms with Gasteiger partial charge in [0.2, 0.25) is 0 Å². The number of nitrogens with zero attached hydrogens (tertiary/aromatic N) is 3. The van der Waals surface area contributed by atoms with E-state index in [9.17, 15) is 0 Å². The summed E-state index contributed by atoms with van der Waals surface area (Å²) in [6.45, 7) is 12.2. The quantitative estimate of drug-likeness (QED) is 0.255. The van der Waals surface area contributed by atoms with Crippen molar-refractivity contribution in [3.63, 3.8) is 0 Å². The molecule has 0 aliphatic rings. The summed E-state index contributed by atoms with van der Waals surface area (Å²) in [4.78, 5) is 9.55. The Labute approximate surface area is 195 Å². The van der Waals surface area contributed by atoms with Crippen molar-refractivity contribution in [1.82, 2.24) is 9.38 Å². The average Bonchev–Trinajstić information content (AvgIpc) is 3.13. The Bertz CT molecular complexity index is 1340. The van der Waals surface area contributed by atoms with Crippen LogP contribution in [0, 0.1) is 13.8 Å². The molecule has 0 saturated carbocycles. The first kappa shape index (κ1) is 22.1. The third-order valence-electron chi connectivity index (χ3n) is 5.37. The molecule has 0 bridgehead atoms. The lowest BCUT2D eigenvalue weighted by Gasteiger charge is -2.12. The minimum absolute atomic E-state index is 0.805. The molecule has 2 aromatic carbocycles. The van der Waals surface area contributed by atoms with Crippen molar-refractivity contribution in [3.05, 3.63) is 108 Å². The molecule has 0 saturated heterocycles. The van der Waals surface area contributed by atoms with Gasteiger partial charge in [0, 0.05) is 23.3 Å². The van der Waals surface area contributed by atoms with Crippen LogP contribution >= 0.6 is 0 Å². The van der Waals surface area contributed by atoms with Crippen LogP contribution in [0.4, 0.5) is 11.4 Å². The van der Waals surface area contributed by atoms with Gasteiger partial charge in [0.1, 0.15) is 11.5 Å². The van der Waals surface area contributed by atoms with Gasteiger partial charge in [0.25, 0.3) is 0 Å². The van der Waals surface area contributed by atoms with Gasteiger partial charge in [-0.15, -0.1) is 0 Å². The Morgan fingerprint density at radius 1 is 0.939 bits per heavy atom. The zero-order chi connectivity index (χ0) is 23.4. The Balaban J connectivity index is 1.50. The molecular formula is C28H29N5. The molecule has 2 N–H and O–H groups in total. The maximum Gasteiger partial charge on any atom is 0.137 e. The van der Waals surface area contributed by atoms with Crippen molar-refractivity contribution in [1.29, 1.82) is 0 Å². The Morgan fingerprint density at radius 3 is 2.33 bits per heavy atom. The molecule has 0 unspecified atom stereocenters. The number of amidine groups is 1. The molecule has 2 heterocycles. The lowest BCUT2D eigenvalue weighted by atomic mass is 10.1. The number of fused-ring (bicyclic) bond motifs is 1. The first-order valence-electron chi connectivity index (χ1n) is 11.0. The second-order valence-electron chi connectivity index (χ2n) is 8.02. The third kappa shape index (κ3) is 5.04. The maximum absolute atomic E-state index is 4.86. The van der Waals surface area contributed by atoms with Gasteiger partial charge in [-0.05, 0) is 69.2 Å². The molecule has 5 heteroatoms. The highest BCUT2D eigenvalue weighted by atomic mass is 15.1. The van der Waals surface area contributed by atoms with Crippen LogP contribution in [0.3, 0.4) is 0 Å². The normalized spacial score (nSPS) is 12.1. The van der Waals surface area contributed by atoms with Crippen molar-refractivity contribution in [2.45, 2.75) is 27.7 Å². The minimum atomic E-state index is 0.805. The van der Waals surface area contributed by atoms with E-state index in [2.05, 4.69) is 45.8 Å². The third-order valence-corrected chi connectivity index (χ3v) is 5.37. The van der Waals surface area contributed by atoms with E-state index in [0.717, 1.165) is 51.2 Å². The summed E-state index contributed by atoms with van der Waals surface area (Å²) in [6.07, 6.45) is 4.12. The summed E-state index contributed by atoms with van der Waals surface area (Å²) in [6, 6.07) is 22.3. The van der Waals surface area contributed by atoms with Crippen LogP contribution in [-0.2, 0) is 0 Å². The number of allylic oxidation sites excluding steroid dienone is 1. The molecule has 33 heavy (non-hydrogen) atoms. The Morgan fingerprint density at radius 2 is 1.64 bits per heavy atom. The van der Waals surface area contributed by atoms with Crippen LogP contribution in [0.5, 0.6) is 0 Å². The fraction of sp³-hybridized carbons (Fsp3) is 0.143. The van der Waals surface area contributed by atoms with Crippen LogP contribution in [0.2, 0.25) is 0 Å². The van der Waals surface area contributed by atoms with Gasteiger partial charge < -0.3 is 10.6 Å². The first-order valence-corrected chi connectivity index (χ1v) is 11.0. The standard InChI is InChI=1S/C28H29N5/c1-6-26(28-21(4)30-27-17-12-19(2)18-33(27)28)32-22(5)31-25-15-13-23(14-16-25)20(3)29-24-10-8-7-9-11-24/h6-18,29H,3H2,1-2,4-5H3,(H,31,32)/b26-6-. The smallest absolute Gasteiger partial charge is 0.137 e. The Hall–Kier alpha value is -4.12. The highest BCUT2D eigenvalue weighted by Gasteiger charge is 2.13. The average molecular weight is 436 g/mol. The molecule has 0 aliphatic carbocycles. The molecule has 0 spiro atoms. The molecule has 0 atom stereocenters. The van der Waals surface area contributed by atoms with Crippen LogP contribution in [0.1, 0.15) is 36.4 Å². The number of para-hydroxylation sites is 1. The van der Waals surface area contributed by atoms with E-state index in [-0.39, 0.29) is 0 Å².